The van der Waals surface area contributed by atoms with Crippen molar-refractivity contribution in [1.82, 2.24) is 0 Å². The Hall–Kier alpha value is -1.35. The first-order chi connectivity index (χ1) is 9.21. The van der Waals surface area contributed by atoms with Crippen LogP contribution < -0.4 is 10.5 Å². The molecule has 3 heteroatoms. The fourth-order valence-corrected chi connectivity index (χ4v) is 2.21. The molecule has 0 unspecified atom stereocenters. The van der Waals surface area contributed by atoms with Crippen molar-refractivity contribution in [3.05, 3.63) is 29.8 Å². The molecule has 1 aromatic rings. The Balaban J connectivity index is 2.66. The Morgan fingerprint density at radius 2 is 1.95 bits per heavy atom. The predicted molar refractivity (Wildman–Crippen MR) is 78.1 cm³/mol. The van der Waals surface area contributed by atoms with Crippen molar-refractivity contribution in [2.24, 2.45) is 11.7 Å². The third kappa shape index (κ3) is 5.43. The summed E-state index contributed by atoms with van der Waals surface area (Å²) in [5.41, 5.74) is 6.64. The summed E-state index contributed by atoms with van der Waals surface area (Å²) in [7, 11) is 0. The Bertz CT molecular complexity index is 384. The molecule has 0 fully saturated rings. The van der Waals surface area contributed by atoms with Gasteiger partial charge in [-0.2, -0.15) is 0 Å². The molecule has 0 saturated heterocycles. The topological polar surface area (TPSA) is 52.3 Å². The van der Waals surface area contributed by atoms with Gasteiger partial charge in [0.15, 0.2) is 0 Å². The van der Waals surface area contributed by atoms with Crippen molar-refractivity contribution >= 4 is 5.97 Å². The van der Waals surface area contributed by atoms with Gasteiger partial charge in [0.2, 0.25) is 0 Å². The Morgan fingerprint density at radius 1 is 1.26 bits per heavy atom. The summed E-state index contributed by atoms with van der Waals surface area (Å²) in [6, 6.07) is 7.63. The van der Waals surface area contributed by atoms with Crippen LogP contribution in [0.15, 0.2) is 24.3 Å². The summed E-state index contributed by atoms with van der Waals surface area (Å²) >= 11 is 0. The Morgan fingerprint density at radius 3 is 2.53 bits per heavy atom. The third-order valence-electron chi connectivity index (χ3n) is 3.16. The van der Waals surface area contributed by atoms with Crippen LogP contribution in [0.5, 0.6) is 5.75 Å². The molecule has 0 atom stereocenters. The van der Waals surface area contributed by atoms with Crippen LogP contribution in [0.25, 0.3) is 0 Å². The van der Waals surface area contributed by atoms with E-state index in [1.807, 2.05) is 24.3 Å². The first-order valence-electron chi connectivity index (χ1n) is 7.21. The molecule has 1 aromatic carbocycles. The fraction of sp³-hybridized carbons (Fsp3) is 0.562. The van der Waals surface area contributed by atoms with E-state index in [4.69, 9.17) is 10.5 Å². The highest BCUT2D eigenvalue weighted by atomic mass is 16.5. The summed E-state index contributed by atoms with van der Waals surface area (Å²) < 4.78 is 5.49. The summed E-state index contributed by atoms with van der Waals surface area (Å²) in [5, 5.41) is 0. The second-order valence-electron chi connectivity index (χ2n) is 4.88. The van der Waals surface area contributed by atoms with Gasteiger partial charge in [0.05, 0.1) is 5.92 Å². The number of rotatable bonds is 8. The number of carbonyl (C=O) groups is 1. The van der Waals surface area contributed by atoms with Crippen molar-refractivity contribution < 1.29 is 9.53 Å². The molecule has 0 aromatic heterocycles. The second-order valence-corrected chi connectivity index (χ2v) is 4.88. The first-order valence-corrected chi connectivity index (χ1v) is 7.21. The zero-order valence-corrected chi connectivity index (χ0v) is 12.0. The van der Waals surface area contributed by atoms with Crippen molar-refractivity contribution in [2.45, 2.75) is 46.0 Å². The maximum atomic E-state index is 12.1. The maximum absolute atomic E-state index is 12.1. The molecule has 0 aliphatic rings. The molecule has 0 aliphatic carbocycles. The zero-order valence-electron chi connectivity index (χ0n) is 12.0. The van der Waals surface area contributed by atoms with Gasteiger partial charge >= 0.3 is 5.97 Å². The monoisotopic (exact) mass is 263 g/mol. The van der Waals surface area contributed by atoms with Gasteiger partial charge in [0.25, 0.3) is 0 Å². The quantitative estimate of drug-likeness (QED) is 0.578. The second kappa shape index (κ2) is 8.70. The van der Waals surface area contributed by atoms with Crippen molar-refractivity contribution in [3.63, 3.8) is 0 Å². The van der Waals surface area contributed by atoms with Crippen molar-refractivity contribution in [3.8, 4) is 5.75 Å². The summed E-state index contributed by atoms with van der Waals surface area (Å²) in [5.74, 6) is 0.551. The minimum Gasteiger partial charge on any atom is -0.426 e. The molecule has 0 bridgehead atoms. The SMILES string of the molecule is CCCC(CCC)C(=O)Oc1cccc(CCN)c1. The molecule has 2 N–H and O–H groups in total. The van der Waals surface area contributed by atoms with Crippen LogP contribution in [0.3, 0.4) is 0 Å². The van der Waals surface area contributed by atoms with E-state index in [9.17, 15) is 4.79 Å². The molecule has 19 heavy (non-hydrogen) atoms. The van der Waals surface area contributed by atoms with E-state index in [0.717, 1.165) is 37.7 Å². The number of carbonyl (C=O) groups excluding carboxylic acids is 1. The van der Waals surface area contributed by atoms with Gasteiger partial charge < -0.3 is 10.5 Å². The molecule has 106 valence electrons. The average molecular weight is 263 g/mol. The predicted octanol–water partition coefficient (Wildman–Crippen LogP) is 3.31. The normalized spacial score (nSPS) is 10.7. The number of hydrogen-bond acceptors (Lipinski definition) is 3. The lowest BCUT2D eigenvalue weighted by Gasteiger charge is -2.14. The first kappa shape index (κ1) is 15.7. The van der Waals surface area contributed by atoms with E-state index in [0.29, 0.717) is 12.3 Å². The lowest BCUT2D eigenvalue weighted by Crippen LogP contribution is -2.20. The molecule has 0 radical (unpaired) electrons. The van der Waals surface area contributed by atoms with E-state index in [2.05, 4.69) is 13.8 Å². The smallest absolute Gasteiger partial charge is 0.314 e. The molecule has 0 heterocycles. The minimum atomic E-state index is -0.103. The van der Waals surface area contributed by atoms with Crippen LogP contribution in [0.1, 0.15) is 45.1 Å². The van der Waals surface area contributed by atoms with Crippen LogP contribution in [0.4, 0.5) is 0 Å². The van der Waals surface area contributed by atoms with Gasteiger partial charge in [-0.15, -0.1) is 0 Å². The number of hydrogen-bond donors (Lipinski definition) is 1. The summed E-state index contributed by atoms with van der Waals surface area (Å²) in [6.07, 6.45) is 4.61. The minimum absolute atomic E-state index is 0.0214. The molecule has 0 saturated carbocycles. The molecule has 0 aliphatic heterocycles. The lowest BCUT2D eigenvalue weighted by atomic mass is 9.98. The molecule has 0 amide bonds. The highest BCUT2D eigenvalue weighted by molar-refractivity contribution is 5.75. The van der Waals surface area contributed by atoms with E-state index >= 15 is 0 Å². The molecule has 3 nitrogen and oxygen atoms in total. The zero-order chi connectivity index (χ0) is 14.1. The largest absolute Gasteiger partial charge is 0.426 e. The molecular weight excluding hydrogens is 238 g/mol. The molecule has 0 spiro atoms. The van der Waals surface area contributed by atoms with Crippen LogP contribution in [-0.4, -0.2) is 12.5 Å². The summed E-state index contributed by atoms with van der Waals surface area (Å²) in [4.78, 5) is 12.1. The maximum Gasteiger partial charge on any atom is 0.314 e. The van der Waals surface area contributed by atoms with Crippen LogP contribution in [-0.2, 0) is 11.2 Å². The van der Waals surface area contributed by atoms with E-state index < -0.39 is 0 Å². The van der Waals surface area contributed by atoms with Gasteiger partial charge in [-0.1, -0.05) is 38.8 Å². The number of benzene rings is 1. The van der Waals surface area contributed by atoms with E-state index in [1.165, 1.54) is 0 Å². The van der Waals surface area contributed by atoms with Crippen molar-refractivity contribution in [2.75, 3.05) is 6.54 Å². The fourth-order valence-electron chi connectivity index (χ4n) is 2.21. The number of nitrogens with two attached hydrogens (primary N) is 1. The van der Waals surface area contributed by atoms with Crippen LogP contribution >= 0.6 is 0 Å². The molecule has 1 rings (SSSR count). The lowest BCUT2D eigenvalue weighted by molar-refractivity contribution is -0.139. The van der Waals surface area contributed by atoms with Gasteiger partial charge in [0, 0.05) is 0 Å². The Labute approximate surface area is 116 Å². The Kier molecular flexibility index (Phi) is 7.19. The van der Waals surface area contributed by atoms with Gasteiger partial charge in [-0.05, 0) is 43.5 Å². The molecular formula is C16H25NO2. The highest BCUT2D eigenvalue weighted by Crippen LogP contribution is 2.19. The third-order valence-corrected chi connectivity index (χ3v) is 3.16. The van der Waals surface area contributed by atoms with Gasteiger partial charge in [-0.25, -0.2) is 0 Å². The van der Waals surface area contributed by atoms with Crippen LogP contribution in [0.2, 0.25) is 0 Å². The van der Waals surface area contributed by atoms with Crippen LogP contribution in [0, 0.1) is 5.92 Å². The number of ether oxygens (including phenoxy) is 1. The van der Waals surface area contributed by atoms with Gasteiger partial charge in [-0.3, -0.25) is 4.79 Å². The van der Waals surface area contributed by atoms with E-state index in [1.54, 1.807) is 0 Å². The van der Waals surface area contributed by atoms with Gasteiger partial charge in [0.1, 0.15) is 5.75 Å². The van der Waals surface area contributed by atoms with Crippen molar-refractivity contribution in [1.29, 1.82) is 0 Å². The highest BCUT2D eigenvalue weighted by Gasteiger charge is 2.18. The summed E-state index contributed by atoms with van der Waals surface area (Å²) in [6.45, 7) is 4.79. The standard InChI is InChI=1S/C16H25NO2/c1-3-6-14(7-4-2)16(18)19-15-9-5-8-13(12-15)10-11-17/h5,8-9,12,14H,3-4,6-7,10-11,17H2,1-2H3. The number of esters is 1. The average Bonchev–Trinajstić information content (AvgIpc) is 2.39. The van der Waals surface area contributed by atoms with E-state index in [-0.39, 0.29) is 11.9 Å².